The van der Waals surface area contributed by atoms with E-state index < -0.39 is 0 Å². The maximum atomic E-state index is 13.1. The van der Waals surface area contributed by atoms with Crippen molar-refractivity contribution < 1.29 is 13.6 Å². The highest BCUT2D eigenvalue weighted by atomic mass is 19.1. The van der Waals surface area contributed by atoms with Crippen LogP contribution < -0.4 is 10.2 Å². The van der Waals surface area contributed by atoms with Crippen LogP contribution in [0.3, 0.4) is 0 Å². The van der Waals surface area contributed by atoms with Gasteiger partial charge in [0.2, 0.25) is 0 Å². The van der Waals surface area contributed by atoms with Crippen LogP contribution in [0.5, 0.6) is 0 Å². The number of nitrogens with one attached hydrogen (secondary N) is 1. The van der Waals surface area contributed by atoms with E-state index in [1.807, 2.05) is 0 Å². The maximum Gasteiger partial charge on any atom is 0.254 e. The third-order valence-electron chi connectivity index (χ3n) is 4.88. The van der Waals surface area contributed by atoms with Gasteiger partial charge in [-0.2, -0.15) is 0 Å². The lowest BCUT2D eigenvalue weighted by molar-refractivity contribution is 0.0746. The molecule has 0 aliphatic carbocycles. The Morgan fingerprint density at radius 2 is 1.48 bits per heavy atom. The van der Waals surface area contributed by atoms with Crippen LogP contribution in [0.4, 0.5) is 26.0 Å². The van der Waals surface area contributed by atoms with Crippen LogP contribution in [0.25, 0.3) is 0 Å². The Kier molecular flexibility index (Phi) is 5.37. The van der Waals surface area contributed by atoms with Crippen molar-refractivity contribution in [2.24, 2.45) is 0 Å². The van der Waals surface area contributed by atoms with E-state index in [1.165, 1.54) is 24.3 Å². The van der Waals surface area contributed by atoms with Crippen LogP contribution in [0.15, 0.2) is 66.9 Å². The van der Waals surface area contributed by atoms with Gasteiger partial charge >= 0.3 is 0 Å². The lowest BCUT2D eigenvalue weighted by atomic mass is 10.2. The number of benzene rings is 2. The fourth-order valence-corrected chi connectivity index (χ4v) is 3.32. The van der Waals surface area contributed by atoms with Gasteiger partial charge in [0.1, 0.15) is 17.5 Å². The van der Waals surface area contributed by atoms with Gasteiger partial charge in [0.25, 0.3) is 5.91 Å². The molecule has 0 spiro atoms. The minimum atomic E-state index is -0.313. The molecule has 1 fully saturated rings. The molecule has 7 heteroatoms. The Morgan fingerprint density at radius 3 is 2.14 bits per heavy atom. The molecule has 4 rings (SSSR count). The molecule has 5 nitrogen and oxygen atoms in total. The smallest absolute Gasteiger partial charge is 0.254 e. The molecular weight excluding hydrogens is 374 g/mol. The topological polar surface area (TPSA) is 48.5 Å². The summed E-state index contributed by atoms with van der Waals surface area (Å²) in [5, 5.41) is 3.08. The van der Waals surface area contributed by atoms with Crippen LogP contribution in [0, 0.1) is 11.6 Å². The molecular formula is C22H20F2N4O. The number of pyridine rings is 1. The number of halogens is 2. The number of carbonyl (C=O) groups is 1. The van der Waals surface area contributed by atoms with E-state index >= 15 is 0 Å². The molecule has 3 aromatic rings. The zero-order valence-corrected chi connectivity index (χ0v) is 15.7. The molecule has 2 aromatic carbocycles. The normalized spacial score (nSPS) is 14.0. The van der Waals surface area contributed by atoms with Crippen molar-refractivity contribution in [3.63, 3.8) is 0 Å². The van der Waals surface area contributed by atoms with E-state index in [-0.39, 0.29) is 17.5 Å². The summed E-state index contributed by atoms with van der Waals surface area (Å²) in [4.78, 5) is 21.1. The lowest BCUT2D eigenvalue weighted by Crippen LogP contribution is -2.48. The number of hydrogen-bond acceptors (Lipinski definition) is 4. The first-order valence-corrected chi connectivity index (χ1v) is 9.37. The second-order valence-electron chi connectivity index (χ2n) is 6.82. The quantitative estimate of drug-likeness (QED) is 0.725. The van der Waals surface area contributed by atoms with Gasteiger partial charge < -0.3 is 15.1 Å². The van der Waals surface area contributed by atoms with Crippen LogP contribution >= 0.6 is 0 Å². The Hall–Kier alpha value is -3.48. The summed E-state index contributed by atoms with van der Waals surface area (Å²) in [5.74, 6) is -0.113. The zero-order chi connectivity index (χ0) is 20.2. The van der Waals surface area contributed by atoms with Gasteiger partial charge in [0.15, 0.2) is 0 Å². The fraction of sp³-hybridized carbons (Fsp3) is 0.182. The third-order valence-corrected chi connectivity index (χ3v) is 4.88. The number of carbonyl (C=O) groups excluding carboxylic acids is 1. The van der Waals surface area contributed by atoms with Crippen LogP contribution in [0.2, 0.25) is 0 Å². The molecule has 0 saturated carbocycles. The molecule has 1 amide bonds. The number of nitrogens with zero attached hydrogens (tertiary/aromatic N) is 3. The molecule has 0 unspecified atom stereocenters. The van der Waals surface area contributed by atoms with Crippen molar-refractivity contribution in [2.45, 2.75) is 0 Å². The summed E-state index contributed by atoms with van der Waals surface area (Å²) in [7, 11) is 0. The molecule has 1 saturated heterocycles. The summed E-state index contributed by atoms with van der Waals surface area (Å²) in [6.45, 7) is 2.53. The van der Waals surface area contributed by atoms with E-state index in [9.17, 15) is 13.6 Å². The summed E-state index contributed by atoms with van der Waals surface area (Å²) in [5.41, 5.74) is 2.18. The summed E-state index contributed by atoms with van der Waals surface area (Å²) in [6.07, 6.45) is 1.58. The highest BCUT2D eigenvalue weighted by Gasteiger charge is 2.22. The average molecular weight is 394 g/mol. The Bertz CT molecular complexity index is 984. The van der Waals surface area contributed by atoms with Crippen LogP contribution in [-0.4, -0.2) is 42.0 Å². The fourth-order valence-electron chi connectivity index (χ4n) is 3.32. The first kappa shape index (κ1) is 18.9. The molecule has 0 radical (unpaired) electrons. The Balaban J connectivity index is 1.39. The molecule has 29 heavy (non-hydrogen) atoms. The molecule has 1 N–H and O–H groups in total. The first-order chi connectivity index (χ1) is 14.1. The predicted molar refractivity (Wildman–Crippen MR) is 108 cm³/mol. The van der Waals surface area contributed by atoms with E-state index in [4.69, 9.17) is 0 Å². The van der Waals surface area contributed by atoms with E-state index in [0.29, 0.717) is 43.2 Å². The Morgan fingerprint density at radius 1 is 0.862 bits per heavy atom. The number of anilines is 3. The van der Waals surface area contributed by atoms with Crippen molar-refractivity contribution in [2.75, 3.05) is 36.4 Å². The lowest BCUT2D eigenvalue weighted by Gasteiger charge is -2.36. The zero-order valence-electron chi connectivity index (χ0n) is 15.7. The number of aromatic nitrogens is 1. The molecule has 0 atom stereocenters. The highest BCUT2D eigenvalue weighted by Crippen LogP contribution is 2.20. The number of piperazine rings is 1. The van der Waals surface area contributed by atoms with E-state index in [0.717, 1.165) is 5.69 Å². The summed E-state index contributed by atoms with van der Waals surface area (Å²) < 4.78 is 26.1. The van der Waals surface area contributed by atoms with Crippen LogP contribution in [0.1, 0.15) is 10.4 Å². The van der Waals surface area contributed by atoms with Gasteiger partial charge in [0, 0.05) is 49.3 Å². The van der Waals surface area contributed by atoms with Gasteiger partial charge in [-0.15, -0.1) is 0 Å². The predicted octanol–water partition coefficient (Wildman–Crippen LogP) is 4.07. The minimum absolute atomic E-state index is 0.0617. The third kappa shape index (κ3) is 4.51. The van der Waals surface area contributed by atoms with Crippen molar-refractivity contribution >= 4 is 23.1 Å². The van der Waals surface area contributed by atoms with Gasteiger partial charge in [-0.3, -0.25) is 4.79 Å². The van der Waals surface area contributed by atoms with Gasteiger partial charge in [-0.1, -0.05) is 0 Å². The summed E-state index contributed by atoms with van der Waals surface area (Å²) >= 11 is 0. The molecule has 1 aliphatic heterocycles. The minimum Gasteiger partial charge on any atom is -0.368 e. The van der Waals surface area contributed by atoms with Gasteiger partial charge in [-0.25, -0.2) is 13.8 Å². The molecule has 1 aromatic heterocycles. The second kappa shape index (κ2) is 8.26. The van der Waals surface area contributed by atoms with Crippen molar-refractivity contribution in [3.05, 3.63) is 84.1 Å². The van der Waals surface area contributed by atoms with Crippen molar-refractivity contribution in [1.29, 1.82) is 0 Å². The average Bonchev–Trinajstić information content (AvgIpc) is 2.76. The molecule has 2 heterocycles. The highest BCUT2D eigenvalue weighted by molar-refractivity contribution is 5.95. The van der Waals surface area contributed by atoms with Gasteiger partial charge in [0.05, 0.1) is 0 Å². The molecule has 1 aliphatic rings. The largest absolute Gasteiger partial charge is 0.368 e. The second-order valence-corrected chi connectivity index (χ2v) is 6.82. The van der Waals surface area contributed by atoms with Gasteiger partial charge in [-0.05, 0) is 60.7 Å². The van der Waals surface area contributed by atoms with Crippen molar-refractivity contribution in [3.8, 4) is 0 Å². The molecule has 148 valence electrons. The summed E-state index contributed by atoms with van der Waals surface area (Å²) in [6, 6.07) is 15.7. The van der Waals surface area contributed by atoms with Crippen molar-refractivity contribution in [1.82, 2.24) is 9.88 Å². The number of hydrogen-bond donors (Lipinski definition) is 1. The van der Waals surface area contributed by atoms with E-state index in [1.54, 1.807) is 47.5 Å². The number of amides is 1. The monoisotopic (exact) mass is 394 g/mol. The maximum absolute atomic E-state index is 13.1. The molecule has 0 bridgehead atoms. The Labute approximate surface area is 167 Å². The van der Waals surface area contributed by atoms with E-state index in [2.05, 4.69) is 15.2 Å². The first-order valence-electron chi connectivity index (χ1n) is 9.37. The standard InChI is InChI=1S/C22H20F2N4O/c23-17-1-5-19(6-2-17)26-21-15-16(9-10-25-21)22(29)28-13-11-27(12-14-28)20-7-3-18(24)4-8-20/h1-10,15H,11-14H2,(H,25,26). The SMILES string of the molecule is O=C(c1ccnc(Nc2ccc(F)cc2)c1)N1CCN(c2ccc(F)cc2)CC1. The number of rotatable bonds is 4. The van der Waals surface area contributed by atoms with Crippen LogP contribution in [-0.2, 0) is 0 Å².